The normalized spacial score (nSPS) is 16.2. The number of phenols is 1. The van der Waals surface area contributed by atoms with Crippen molar-refractivity contribution >= 4 is 5.91 Å². The molecule has 5 heteroatoms. The molecule has 1 atom stereocenters. The van der Waals surface area contributed by atoms with Crippen molar-refractivity contribution in [2.24, 2.45) is 0 Å². The highest BCUT2D eigenvalue weighted by Crippen LogP contribution is 2.25. The van der Waals surface area contributed by atoms with E-state index in [-0.39, 0.29) is 18.3 Å². The summed E-state index contributed by atoms with van der Waals surface area (Å²) in [5.74, 6) is 0.622. The number of carbonyl (C=O) groups is 1. The minimum Gasteiger partial charge on any atom is -0.508 e. The van der Waals surface area contributed by atoms with Gasteiger partial charge in [-0.25, -0.2) is 0 Å². The molecule has 2 aromatic carbocycles. The smallest absolute Gasteiger partial charge is 0.260 e. The second-order valence-corrected chi connectivity index (χ2v) is 7.24. The number of phenolic OH excluding ortho intramolecular Hbond substituents is 1. The van der Waals surface area contributed by atoms with Crippen LogP contribution >= 0.6 is 0 Å². The molecule has 3 rings (SSSR count). The Morgan fingerprint density at radius 3 is 2.52 bits per heavy atom. The van der Waals surface area contributed by atoms with Crippen LogP contribution in [0, 0.1) is 13.8 Å². The highest BCUT2D eigenvalue weighted by atomic mass is 16.5. The number of amides is 1. The molecule has 1 aliphatic rings. The van der Waals surface area contributed by atoms with E-state index >= 15 is 0 Å². The van der Waals surface area contributed by atoms with Crippen molar-refractivity contribution in [1.29, 1.82) is 0 Å². The zero-order valence-electron chi connectivity index (χ0n) is 16.3. The van der Waals surface area contributed by atoms with Crippen LogP contribution in [0.5, 0.6) is 11.5 Å². The average molecular weight is 368 g/mol. The van der Waals surface area contributed by atoms with Crippen LogP contribution < -0.4 is 4.74 Å². The monoisotopic (exact) mass is 368 g/mol. The second-order valence-electron chi connectivity index (χ2n) is 7.24. The Labute approximate surface area is 161 Å². The van der Waals surface area contributed by atoms with Crippen LogP contribution in [0.2, 0.25) is 0 Å². The van der Waals surface area contributed by atoms with Gasteiger partial charge in [0.05, 0.1) is 0 Å². The second kappa shape index (κ2) is 8.44. The number of rotatable bonds is 5. The molecule has 0 radical (unpaired) electrons. The lowest BCUT2D eigenvalue weighted by Crippen LogP contribution is -2.50. The minimum absolute atomic E-state index is 0.00389. The molecular weight excluding hydrogens is 340 g/mol. The fraction of sp³-hybridized carbons (Fsp3) is 0.409. The first kappa shape index (κ1) is 19.2. The van der Waals surface area contributed by atoms with Crippen LogP contribution in [0.4, 0.5) is 0 Å². The van der Waals surface area contributed by atoms with E-state index in [2.05, 4.69) is 43.9 Å². The Bertz CT molecular complexity index is 798. The van der Waals surface area contributed by atoms with Gasteiger partial charge >= 0.3 is 0 Å². The number of aryl methyl sites for hydroxylation is 2. The van der Waals surface area contributed by atoms with Crippen LogP contribution in [0.1, 0.15) is 29.7 Å². The molecule has 1 saturated heterocycles. The third kappa shape index (κ3) is 4.80. The number of hydrogen-bond donors (Lipinski definition) is 1. The van der Waals surface area contributed by atoms with E-state index in [1.54, 1.807) is 18.2 Å². The lowest BCUT2D eigenvalue weighted by molar-refractivity contribution is -0.135. The first-order valence-electron chi connectivity index (χ1n) is 9.45. The van der Waals surface area contributed by atoms with E-state index in [1.807, 2.05) is 4.90 Å². The molecular formula is C22H28N2O3. The molecule has 0 aromatic heterocycles. The first-order chi connectivity index (χ1) is 12.9. The highest BCUT2D eigenvalue weighted by Gasteiger charge is 2.25. The molecule has 1 heterocycles. The van der Waals surface area contributed by atoms with E-state index < -0.39 is 0 Å². The van der Waals surface area contributed by atoms with Crippen LogP contribution in [-0.2, 0) is 4.79 Å². The summed E-state index contributed by atoms with van der Waals surface area (Å²) in [6.07, 6.45) is 0. The van der Waals surface area contributed by atoms with Crippen LogP contribution in [0.25, 0.3) is 0 Å². The number of nitrogens with zero attached hydrogens (tertiary/aromatic N) is 2. The number of benzene rings is 2. The van der Waals surface area contributed by atoms with Crippen LogP contribution in [-0.4, -0.2) is 53.6 Å². The van der Waals surface area contributed by atoms with E-state index in [4.69, 9.17) is 4.74 Å². The molecule has 0 saturated carbocycles. The van der Waals surface area contributed by atoms with Gasteiger partial charge in [0.1, 0.15) is 11.5 Å². The van der Waals surface area contributed by atoms with Crippen LogP contribution in [0.15, 0.2) is 42.5 Å². The van der Waals surface area contributed by atoms with Crippen molar-refractivity contribution in [2.45, 2.75) is 26.8 Å². The summed E-state index contributed by atoms with van der Waals surface area (Å²) in [7, 11) is 0. The first-order valence-corrected chi connectivity index (χ1v) is 9.45. The van der Waals surface area contributed by atoms with Crippen molar-refractivity contribution in [3.63, 3.8) is 0 Å². The lowest BCUT2D eigenvalue weighted by Gasteiger charge is -2.38. The third-order valence-electron chi connectivity index (χ3n) is 5.27. The summed E-state index contributed by atoms with van der Waals surface area (Å²) in [4.78, 5) is 16.7. The quantitative estimate of drug-likeness (QED) is 0.880. The molecule has 1 N–H and O–H groups in total. The maximum Gasteiger partial charge on any atom is 0.260 e. The third-order valence-corrected chi connectivity index (χ3v) is 5.27. The van der Waals surface area contributed by atoms with Gasteiger partial charge in [-0.05, 0) is 44.0 Å². The fourth-order valence-electron chi connectivity index (χ4n) is 3.66. The summed E-state index contributed by atoms with van der Waals surface area (Å²) >= 11 is 0. The van der Waals surface area contributed by atoms with E-state index in [0.29, 0.717) is 24.9 Å². The highest BCUT2D eigenvalue weighted by molar-refractivity contribution is 5.77. The molecule has 1 amide bonds. The molecule has 0 spiro atoms. The maximum atomic E-state index is 12.4. The van der Waals surface area contributed by atoms with Gasteiger partial charge in [-0.2, -0.15) is 0 Å². The number of ether oxygens (including phenoxy) is 1. The van der Waals surface area contributed by atoms with Gasteiger partial charge in [-0.1, -0.05) is 29.8 Å². The van der Waals surface area contributed by atoms with Crippen molar-refractivity contribution in [1.82, 2.24) is 9.80 Å². The molecule has 5 nitrogen and oxygen atoms in total. The number of aromatic hydroxyl groups is 1. The van der Waals surface area contributed by atoms with Gasteiger partial charge in [0.15, 0.2) is 6.61 Å². The van der Waals surface area contributed by atoms with E-state index in [0.717, 1.165) is 13.1 Å². The van der Waals surface area contributed by atoms with Gasteiger partial charge in [0, 0.05) is 38.3 Å². The standard InChI is InChI=1S/C22H28N2O3/c1-16-7-8-21(17(2)13-16)18(3)23-9-11-24(12-10-23)22(26)15-27-20-6-4-5-19(25)14-20/h4-8,13-14,18,25H,9-12,15H2,1-3H3. The molecule has 1 fully saturated rings. The number of carbonyl (C=O) groups excluding carboxylic acids is 1. The molecule has 27 heavy (non-hydrogen) atoms. The Balaban J connectivity index is 1.51. The van der Waals surface area contributed by atoms with E-state index in [9.17, 15) is 9.90 Å². The topological polar surface area (TPSA) is 53.0 Å². The molecule has 144 valence electrons. The zero-order chi connectivity index (χ0) is 19.4. The van der Waals surface area contributed by atoms with Gasteiger partial charge in [-0.15, -0.1) is 0 Å². The number of hydrogen-bond acceptors (Lipinski definition) is 4. The van der Waals surface area contributed by atoms with Crippen molar-refractivity contribution in [2.75, 3.05) is 32.8 Å². The minimum atomic E-state index is -0.0165. The lowest BCUT2D eigenvalue weighted by atomic mass is 9.99. The molecule has 1 unspecified atom stereocenters. The van der Waals surface area contributed by atoms with Gasteiger partial charge < -0.3 is 14.7 Å². The molecule has 0 bridgehead atoms. The molecule has 2 aromatic rings. The largest absolute Gasteiger partial charge is 0.508 e. The Hall–Kier alpha value is -2.53. The van der Waals surface area contributed by atoms with Gasteiger partial charge in [-0.3, -0.25) is 9.69 Å². The average Bonchev–Trinajstić information content (AvgIpc) is 2.66. The zero-order valence-corrected chi connectivity index (χ0v) is 16.3. The Kier molecular flexibility index (Phi) is 6.01. The summed E-state index contributed by atoms with van der Waals surface area (Å²) in [5, 5.41) is 9.46. The van der Waals surface area contributed by atoms with Crippen molar-refractivity contribution in [3.05, 3.63) is 59.2 Å². The summed E-state index contributed by atoms with van der Waals surface area (Å²) in [6.45, 7) is 9.63. The van der Waals surface area contributed by atoms with Crippen molar-refractivity contribution in [3.8, 4) is 11.5 Å². The molecule has 1 aliphatic heterocycles. The van der Waals surface area contributed by atoms with Crippen molar-refractivity contribution < 1.29 is 14.6 Å². The summed E-state index contributed by atoms with van der Waals surface area (Å²) in [6, 6.07) is 13.5. The fourth-order valence-corrected chi connectivity index (χ4v) is 3.66. The summed E-state index contributed by atoms with van der Waals surface area (Å²) in [5.41, 5.74) is 3.96. The maximum absolute atomic E-state index is 12.4. The predicted octanol–water partition coefficient (Wildman–Crippen LogP) is 3.29. The van der Waals surface area contributed by atoms with Crippen LogP contribution in [0.3, 0.4) is 0 Å². The van der Waals surface area contributed by atoms with E-state index in [1.165, 1.54) is 22.8 Å². The molecule has 0 aliphatic carbocycles. The number of piperazine rings is 1. The van der Waals surface area contributed by atoms with Gasteiger partial charge in [0.2, 0.25) is 0 Å². The Morgan fingerprint density at radius 2 is 1.85 bits per heavy atom. The van der Waals surface area contributed by atoms with Gasteiger partial charge in [0.25, 0.3) is 5.91 Å². The SMILES string of the molecule is Cc1ccc(C(C)N2CCN(C(=O)COc3cccc(O)c3)CC2)c(C)c1. The Morgan fingerprint density at radius 1 is 1.11 bits per heavy atom. The summed E-state index contributed by atoms with van der Waals surface area (Å²) < 4.78 is 5.51. The predicted molar refractivity (Wildman–Crippen MR) is 106 cm³/mol.